The number of hydrogen-bond acceptors (Lipinski definition) is 2. The van der Waals surface area contributed by atoms with Gasteiger partial charge in [0.05, 0.1) is 11.5 Å². The first-order valence-corrected chi connectivity index (χ1v) is 10.7. The predicted molar refractivity (Wildman–Crippen MR) is 104 cm³/mol. The standard InChI is InChI=1S/C23H31FN2O/c1-2-21-10-17-11-22(13-21,20(27)26-19-8-9-25-12-18(19)24)15-23(17,14-21)16-6-4-3-5-7-16/h3-7,17-19,25H,2,8-15H2,1H3,(H,26,27)/t17?,18-,19+,21-,22?,23-/m0/s1. The minimum absolute atomic E-state index is 0.136. The third kappa shape index (κ3) is 2.52. The maximum absolute atomic E-state index is 14.3. The minimum Gasteiger partial charge on any atom is -0.350 e. The molecule has 2 unspecified atom stereocenters. The van der Waals surface area contributed by atoms with Gasteiger partial charge in [0.25, 0.3) is 0 Å². The zero-order valence-corrected chi connectivity index (χ0v) is 16.3. The zero-order chi connectivity index (χ0) is 18.7. The van der Waals surface area contributed by atoms with E-state index in [2.05, 4.69) is 47.9 Å². The van der Waals surface area contributed by atoms with Crippen molar-refractivity contribution in [2.75, 3.05) is 13.1 Å². The van der Waals surface area contributed by atoms with Crippen LogP contribution in [0.25, 0.3) is 0 Å². The molecule has 27 heavy (non-hydrogen) atoms. The highest BCUT2D eigenvalue weighted by molar-refractivity contribution is 5.84. The summed E-state index contributed by atoms with van der Waals surface area (Å²) in [7, 11) is 0. The highest BCUT2D eigenvalue weighted by atomic mass is 19.1. The Hall–Kier alpha value is -1.42. The molecule has 3 nitrogen and oxygen atoms in total. The molecule has 6 atom stereocenters. The Morgan fingerprint density at radius 2 is 2.04 bits per heavy atom. The van der Waals surface area contributed by atoms with Crippen molar-refractivity contribution in [3.05, 3.63) is 35.9 Å². The lowest BCUT2D eigenvalue weighted by molar-refractivity contribution is -0.137. The monoisotopic (exact) mass is 370 g/mol. The van der Waals surface area contributed by atoms with Crippen LogP contribution in [-0.2, 0) is 10.2 Å². The van der Waals surface area contributed by atoms with Crippen molar-refractivity contribution >= 4 is 5.91 Å². The second-order valence-corrected chi connectivity index (χ2v) is 9.88. The molecular weight excluding hydrogens is 339 g/mol. The molecule has 5 aliphatic rings. The van der Waals surface area contributed by atoms with Gasteiger partial charge >= 0.3 is 0 Å². The van der Waals surface area contributed by atoms with Crippen LogP contribution in [0.3, 0.4) is 0 Å². The minimum atomic E-state index is -0.974. The fraction of sp³-hybridized carbons (Fsp3) is 0.696. The molecule has 1 aromatic carbocycles. The van der Waals surface area contributed by atoms with Crippen LogP contribution in [0, 0.1) is 16.7 Å². The van der Waals surface area contributed by atoms with Crippen molar-refractivity contribution < 1.29 is 9.18 Å². The van der Waals surface area contributed by atoms with Gasteiger partial charge in [0.2, 0.25) is 5.91 Å². The Labute approximate surface area is 161 Å². The molecule has 0 spiro atoms. The average Bonchev–Trinajstić information content (AvgIpc) is 3.06. The summed E-state index contributed by atoms with van der Waals surface area (Å²) >= 11 is 0. The molecule has 1 saturated heterocycles. The van der Waals surface area contributed by atoms with Crippen molar-refractivity contribution in [3.8, 4) is 0 Å². The van der Waals surface area contributed by atoms with Crippen molar-refractivity contribution in [3.63, 3.8) is 0 Å². The molecule has 2 N–H and O–H groups in total. The Morgan fingerprint density at radius 1 is 1.22 bits per heavy atom. The lowest BCUT2D eigenvalue weighted by Crippen LogP contribution is -2.56. The topological polar surface area (TPSA) is 41.1 Å². The van der Waals surface area contributed by atoms with E-state index in [0.717, 1.165) is 32.2 Å². The second-order valence-electron chi connectivity index (χ2n) is 9.88. The summed E-state index contributed by atoms with van der Waals surface area (Å²) in [5.74, 6) is 0.727. The number of rotatable bonds is 4. The quantitative estimate of drug-likeness (QED) is 0.848. The van der Waals surface area contributed by atoms with E-state index >= 15 is 0 Å². The zero-order valence-electron chi connectivity index (χ0n) is 16.3. The van der Waals surface area contributed by atoms with Gasteiger partial charge in [0.1, 0.15) is 6.17 Å². The van der Waals surface area contributed by atoms with Crippen LogP contribution in [0.15, 0.2) is 30.3 Å². The predicted octanol–water partition coefficient (Wildman–Crippen LogP) is 3.73. The largest absolute Gasteiger partial charge is 0.350 e. The average molecular weight is 371 g/mol. The van der Waals surface area contributed by atoms with E-state index in [0.29, 0.717) is 18.9 Å². The summed E-state index contributed by atoms with van der Waals surface area (Å²) in [6.45, 7) is 3.43. The molecule has 6 rings (SSSR count). The SMILES string of the molecule is CC[C@]12CC3CC(C(=O)N[C@@H]4CCNC[C@@H]4F)(C1)C[C@]3(c1ccccc1)C2. The number of hydrogen-bond donors (Lipinski definition) is 2. The van der Waals surface area contributed by atoms with Crippen molar-refractivity contribution in [1.29, 1.82) is 0 Å². The molecule has 5 fully saturated rings. The number of alkyl halides is 1. The van der Waals surface area contributed by atoms with E-state index in [4.69, 9.17) is 0 Å². The number of amides is 1. The molecule has 4 saturated carbocycles. The van der Waals surface area contributed by atoms with Crippen molar-refractivity contribution in [2.24, 2.45) is 16.7 Å². The summed E-state index contributed by atoms with van der Waals surface area (Å²) in [6, 6.07) is 10.6. The van der Waals surface area contributed by atoms with Gasteiger partial charge in [0.15, 0.2) is 0 Å². The van der Waals surface area contributed by atoms with Gasteiger partial charge in [-0.05, 0) is 67.4 Å². The van der Waals surface area contributed by atoms with E-state index in [1.165, 1.54) is 18.4 Å². The van der Waals surface area contributed by atoms with E-state index in [-0.39, 0.29) is 28.2 Å². The maximum atomic E-state index is 14.3. The molecule has 1 aromatic rings. The van der Waals surface area contributed by atoms with Gasteiger partial charge in [-0.15, -0.1) is 0 Å². The summed E-state index contributed by atoms with van der Waals surface area (Å²) in [5.41, 5.74) is 1.57. The summed E-state index contributed by atoms with van der Waals surface area (Å²) in [4.78, 5) is 13.5. The molecule has 4 bridgehead atoms. The highest BCUT2D eigenvalue weighted by Gasteiger charge is 2.71. The number of nitrogens with one attached hydrogen (secondary N) is 2. The van der Waals surface area contributed by atoms with Gasteiger partial charge in [-0.3, -0.25) is 4.79 Å². The number of carbonyl (C=O) groups is 1. The Kier molecular flexibility index (Phi) is 3.95. The van der Waals surface area contributed by atoms with Gasteiger partial charge < -0.3 is 10.6 Å². The summed E-state index contributed by atoms with van der Waals surface area (Å²) < 4.78 is 14.3. The number of benzene rings is 1. The van der Waals surface area contributed by atoms with Crippen LogP contribution in [0.5, 0.6) is 0 Å². The van der Waals surface area contributed by atoms with Gasteiger partial charge in [-0.1, -0.05) is 43.7 Å². The molecule has 4 aliphatic carbocycles. The fourth-order valence-corrected chi connectivity index (χ4v) is 7.38. The highest BCUT2D eigenvalue weighted by Crippen LogP contribution is 2.75. The van der Waals surface area contributed by atoms with Crippen LogP contribution in [0.2, 0.25) is 0 Å². The summed E-state index contributed by atoms with van der Waals surface area (Å²) in [6.07, 6.45) is 6.27. The number of piperidine rings is 1. The third-order valence-corrected chi connectivity index (χ3v) is 8.46. The molecule has 146 valence electrons. The van der Waals surface area contributed by atoms with E-state index in [1.54, 1.807) is 0 Å². The Balaban J connectivity index is 1.46. The first-order chi connectivity index (χ1) is 13.0. The molecule has 1 heterocycles. The van der Waals surface area contributed by atoms with Crippen LogP contribution >= 0.6 is 0 Å². The normalized spacial score (nSPS) is 45.2. The molecule has 0 radical (unpaired) electrons. The molecular formula is C23H31FN2O. The van der Waals surface area contributed by atoms with Crippen molar-refractivity contribution in [1.82, 2.24) is 10.6 Å². The lowest BCUT2D eigenvalue weighted by atomic mass is 9.57. The maximum Gasteiger partial charge on any atom is 0.226 e. The van der Waals surface area contributed by atoms with Crippen LogP contribution in [-0.4, -0.2) is 31.2 Å². The number of carbonyl (C=O) groups excluding carboxylic acids is 1. The molecule has 4 heteroatoms. The van der Waals surface area contributed by atoms with Gasteiger partial charge in [-0.2, -0.15) is 0 Å². The fourth-order valence-electron chi connectivity index (χ4n) is 7.38. The van der Waals surface area contributed by atoms with Crippen molar-refractivity contribution in [2.45, 2.75) is 69.5 Å². The molecule has 1 aliphatic heterocycles. The lowest BCUT2D eigenvalue weighted by Gasteiger charge is -2.47. The third-order valence-electron chi connectivity index (χ3n) is 8.46. The second kappa shape index (κ2) is 6.04. The van der Waals surface area contributed by atoms with Crippen LogP contribution in [0.4, 0.5) is 4.39 Å². The van der Waals surface area contributed by atoms with E-state index < -0.39 is 6.17 Å². The smallest absolute Gasteiger partial charge is 0.226 e. The van der Waals surface area contributed by atoms with Gasteiger partial charge in [0, 0.05) is 6.54 Å². The van der Waals surface area contributed by atoms with E-state index in [1.807, 2.05) is 0 Å². The molecule has 1 amide bonds. The van der Waals surface area contributed by atoms with Crippen LogP contribution < -0.4 is 10.6 Å². The Bertz CT molecular complexity index is 739. The first-order valence-electron chi connectivity index (χ1n) is 10.7. The van der Waals surface area contributed by atoms with E-state index in [9.17, 15) is 9.18 Å². The molecule has 0 aromatic heterocycles. The Morgan fingerprint density at radius 3 is 2.78 bits per heavy atom. The van der Waals surface area contributed by atoms with Crippen LogP contribution in [0.1, 0.15) is 57.4 Å². The number of halogens is 1. The first kappa shape index (κ1) is 17.7. The summed E-state index contributed by atoms with van der Waals surface area (Å²) in [5, 5.41) is 6.23. The van der Waals surface area contributed by atoms with Gasteiger partial charge in [-0.25, -0.2) is 4.39 Å².